The molecule has 0 atom stereocenters. The number of imidazole rings is 1. The fourth-order valence-electron chi connectivity index (χ4n) is 4.41. The Balaban J connectivity index is 1.48. The molecule has 2 aromatic carbocycles. The summed E-state index contributed by atoms with van der Waals surface area (Å²) in [7, 11) is 1.58. The van der Waals surface area contributed by atoms with Crippen molar-refractivity contribution in [1.82, 2.24) is 15.3 Å². The zero-order valence-electron chi connectivity index (χ0n) is 19.8. The average Bonchev–Trinajstić information content (AvgIpc) is 3.29. The SMILES string of the molecule is CCCCCN1C(=O)C(C)(C)c2cc3[nH]c(CCNC(=O)c4cccc(OC)c4)nc3cc21. The number of amides is 2. The van der Waals surface area contributed by atoms with Gasteiger partial charge < -0.3 is 19.9 Å². The van der Waals surface area contributed by atoms with Gasteiger partial charge in [0.25, 0.3) is 5.91 Å². The molecule has 0 aliphatic carbocycles. The minimum Gasteiger partial charge on any atom is -0.497 e. The van der Waals surface area contributed by atoms with Gasteiger partial charge in [0.2, 0.25) is 5.91 Å². The van der Waals surface area contributed by atoms with Crippen LogP contribution >= 0.6 is 0 Å². The zero-order chi connectivity index (χ0) is 23.6. The number of anilines is 1. The van der Waals surface area contributed by atoms with Gasteiger partial charge in [-0.05, 0) is 56.2 Å². The number of fused-ring (bicyclic) bond motifs is 2. The number of benzene rings is 2. The molecule has 7 heteroatoms. The van der Waals surface area contributed by atoms with Gasteiger partial charge in [-0.2, -0.15) is 0 Å². The lowest BCUT2D eigenvalue weighted by molar-refractivity contribution is -0.122. The highest BCUT2D eigenvalue weighted by atomic mass is 16.5. The molecule has 2 heterocycles. The molecule has 7 nitrogen and oxygen atoms in total. The van der Waals surface area contributed by atoms with Crippen molar-refractivity contribution in [3.63, 3.8) is 0 Å². The molecular weight excluding hydrogens is 416 g/mol. The van der Waals surface area contributed by atoms with Crippen LogP contribution in [-0.2, 0) is 16.6 Å². The fraction of sp³-hybridized carbons (Fsp3) is 0.423. The molecular formula is C26H32N4O3. The Kier molecular flexibility index (Phi) is 6.40. The molecule has 2 N–H and O–H groups in total. The van der Waals surface area contributed by atoms with Gasteiger partial charge in [-0.25, -0.2) is 4.98 Å². The number of hydrogen-bond donors (Lipinski definition) is 2. The Labute approximate surface area is 194 Å². The molecule has 33 heavy (non-hydrogen) atoms. The van der Waals surface area contributed by atoms with Gasteiger partial charge in [-0.3, -0.25) is 9.59 Å². The minimum absolute atomic E-state index is 0.146. The van der Waals surface area contributed by atoms with Crippen LogP contribution in [0.4, 0.5) is 5.69 Å². The topological polar surface area (TPSA) is 87.3 Å². The summed E-state index contributed by atoms with van der Waals surface area (Å²) in [5.41, 5.74) is 3.78. The standard InChI is InChI=1S/C26H32N4O3/c1-5-6-7-13-30-22-16-21-20(15-19(22)26(2,3)25(30)32)28-23(29-21)11-12-27-24(31)17-9-8-10-18(14-17)33-4/h8-10,14-16H,5-7,11-13H2,1-4H3,(H,27,31)(H,28,29). The summed E-state index contributed by atoms with van der Waals surface area (Å²) in [5.74, 6) is 1.47. The first-order valence-corrected chi connectivity index (χ1v) is 11.6. The molecule has 0 saturated heterocycles. The summed E-state index contributed by atoms with van der Waals surface area (Å²) in [4.78, 5) is 35.5. The van der Waals surface area contributed by atoms with Crippen LogP contribution in [0.5, 0.6) is 5.75 Å². The van der Waals surface area contributed by atoms with E-state index in [2.05, 4.69) is 23.3 Å². The lowest BCUT2D eigenvalue weighted by Gasteiger charge is -2.20. The Bertz CT molecular complexity index is 1180. The lowest BCUT2D eigenvalue weighted by Crippen LogP contribution is -2.36. The molecule has 1 aromatic heterocycles. The van der Waals surface area contributed by atoms with Crippen molar-refractivity contribution < 1.29 is 14.3 Å². The van der Waals surface area contributed by atoms with Gasteiger partial charge in [-0.15, -0.1) is 0 Å². The summed E-state index contributed by atoms with van der Waals surface area (Å²) in [6.07, 6.45) is 3.80. The second-order valence-corrected chi connectivity index (χ2v) is 9.10. The predicted molar refractivity (Wildman–Crippen MR) is 130 cm³/mol. The van der Waals surface area contributed by atoms with Crippen molar-refractivity contribution in [2.24, 2.45) is 0 Å². The number of carbonyl (C=O) groups is 2. The molecule has 0 radical (unpaired) electrons. The smallest absolute Gasteiger partial charge is 0.251 e. The molecule has 0 saturated carbocycles. The number of H-pyrrole nitrogens is 1. The summed E-state index contributed by atoms with van der Waals surface area (Å²) in [5, 5.41) is 2.94. The van der Waals surface area contributed by atoms with Crippen molar-refractivity contribution in [3.8, 4) is 5.75 Å². The number of unbranched alkanes of at least 4 members (excludes halogenated alkanes) is 2. The van der Waals surface area contributed by atoms with Crippen molar-refractivity contribution >= 4 is 28.5 Å². The first-order chi connectivity index (χ1) is 15.8. The van der Waals surface area contributed by atoms with Crippen LogP contribution in [0.15, 0.2) is 36.4 Å². The molecule has 1 aliphatic rings. The normalized spacial score (nSPS) is 14.5. The number of aromatic nitrogens is 2. The molecule has 2 amide bonds. The number of carbonyl (C=O) groups excluding carboxylic acids is 2. The number of hydrogen-bond acceptors (Lipinski definition) is 4. The Morgan fingerprint density at radius 2 is 2.03 bits per heavy atom. The third kappa shape index (κ3) is 4.45. The van der Waals surface area contributed by atoms with E-state index in [1.54, 1.807) is 25.3 Å². The van der Waals surface area contributed by atoms with Crippen LogP contribution in [0.25, 0.3) is 11.0 Å². The maximum absolute atomic E-state index is 13.1. The van der Waals surface area contributed by atoms with Gasteiger partial charge in [0.1, 0.15) is 11.6 Å². The van der Waals surface area contributed by atoms with Crippen LogP contribution in [0, 0.1) is 0 Å². The van der Waals surface area contributed by atoms with E-state index in [9.17, 15) is 9.59 Å². The van der Waals surface area contributed by atoms with E-state index in [-0.39, 0.29) is 11.8 Å². The van der Waals surface area contributed by atoms with E-state index in [4.69, 9.17) is 9.72 Å². The van der Waals surface area contributed by atoms with Crippen LogP contribution in [-0.4, -0.2) is 42.0 Å². The van der Waals surface area contributed by atoms with Crippen LogP contribution < -0.4 is 15.0 Å². The number of nitrogens with one attached hydrogen (secondary N) is 2. The number of nitrogens with zero attached hydrogens (tertiary/aromatic N) is 2. The van der Waals surface area contributed by atoms with Crippen molar-refractivity contribution in [3.05, 3.63) is 53.3 Å². The summed E-state index contributed by atoms with van der Waals surface area (Å²) < 4.78 is 5.18. The molecule has 0 spiro atoms. The third-order valence-electron chi connectivity index (χ3n) is 6.36. The molecule has 4 rings (SSSR count). The number of aromatic amines is 1. The maximum atomic E-state index is 13.1. The number of ether oxygens (including phenoxy) is 1. The van der Waals surface area contributed by atoms with E-state index in [1.165, 1.54) is 0 Å². The van der Waals surface area contributed by atoms with E-state index >= 15 is 0 Å². The second-order valence-electron chi connectivity index (χ2n) is 9.10. The Morgan fingerprint density at radius 3 is 2.79 bits per heavy atom. The predicted octanol–water partition coefficient (Wildman–Crippen LogP) is 4.36. The van der Waals surface area contributed by atoms with Crippen molar-refractivity contribution in [2.45, 2.75) is 51.9 Å². The minimum atomic E-state index is -0.550. The van der Waals surface area contributed by atoms with Crippen molar-refractivity contribution in [1.29, 1.82) is 0 Å². The van der Waals surface area contributed by atoms with E-state index < -0.39 is 5.41 Å². The summed E-state index contributed by atoms with van der Waals surface area (Å²) in [6, 6.07) is 11.2. The summed E-state index contributed by atoms with van der Waals surface area (Å²) >= 11 is 0. The molecule has 174 valence electrons. The highest BCUT2D eigenvalue weighted by Gasteiger charge is 2.43. The molecule has 0 unspecified atom stereocenters. The number of rotatable bonds is 9. The second kappa shape index (κ2) is 9.25. The summed E-state index contributed by atoms with van der Waals surface area (Å²) in [6.45, 7) is 7.35. The van der Waals surface area contributed by atoms with E-state index in [0.717, 1.165) is 53.9 Å². The van der Waals surface area contributed by atoms with Gasteiger partial charge in [0.05, 0.1) is 29.2 Å². The van der Waals surface area contributed by atoms with Crippen LogP contribution in [0.3, 0.4) is 0 Å². The molecule has 1 aliphatic heterocycles. The molecule has 0 fully saturated rings. The maximum Gasteiger partial charge on any atom is 0.251 e. The van der Waals surface area contributed by atoms with Crippen LogP contribution in [0.1, 0.15) is 61.8 Å². The van der Waals surface area contributed by atoms with Gasteiger partial charge in [-0.1, -0.05) is 25.8 Å². The highest BCUT2D eigenvalue weighted by Crippen LogP contribution is 2.43. The average molecular weight is 449 g/mol. The van der Waals surface area contributed by atoms with Crippen LogP contribution in [0.2, 0.25) is 0 Å². The first-order valence-electron chi connectivity index (χ1n) is 11.6. The highest BCUT2D eigenvalue weighted by molar-refractivity contribution is 6.09. The monoisotopic (exact) mass is 448 g/mol. The van der Waals surface area contributed by atoms with Gasteiger partial charge in [0, 0.05) is 25.1 Å². The van der Waals surface area contributed by atoms with E-state index in [1.807, 2.05) is 30.9 Å². The zero-order valence-corrected chi connectivity index (χ0v) is 19.8. The quantitative estimate of drug-likeness (QED) is 0.476. The molecule has 3 aromatic rings. The largest absolute Gasteiger partial charge is 0.497 e. The van der Waals surface area contributed by atoms with Gasteiger partial charge in [0.15, 0.2) is 0 Å². The van der Waals surface area contributed by atoms with Gasteiger partial charge >= 0.3 is 0 Å². The Hall–Kier alpha value is -3.35. The lowest BCUT2D eigenvalue weighted by atomic mass is 9.86. The molecule has 0 bridgehead atoms. The Morgan fingerprint density at radius 1 is 1.21 bits per heavy atom. The number of methoxy groups -OCH3 is 1. The fourth-order valence-corrected chi connectivity index (χ4v) is 4.41. The first kappa shape index (κ1) is 22.8. The van der Waals surface area contributed by atoms with E-state index in [0.29, 0.717) is 24.3 Å². The van der Waals surface area contributed by atoms with Crippen molar-refractivity contribution in [2.75, 3.05) is 25.1 Å². The third-order valence-corrected chi connectivity index (χ3v) is 6.36.